The zero-order chi connectivity index (χ0) is 9.80. The Balaban J connectivity index is 2.13. The van der Waals surface area contributed by atoms with Crippen LogP contribution in [0.1, 0.15) is 25.0 Å². The molecule has 14 heavy (non-hydrogen) atoms. The number of hydrogen-bond donors (Lipinski definition) is 1. The minimum Gasteiger partial charge on any atom is -0.390 e. The number of nitrogens with zero attached hydrogens (tertiary/aromatic N) is 3. The van der Waals surface area contributed by atoms with Gasteiger partial charge in [0.05, 0.1) is 12.3 Å². The number of hydrogen-bond acceptors (Lipinski definition) is 4. The van der Waals surface area contributed by atoms with Crippen molar-refractivity contribution >= 4 is 5.82 Å². The highest BCUT2D eigenvalue weighted by Crippen LogP contribution is 2.17. The van der Waals surface area contributed by atoms with Crippen molar-refractivity contribution in [2.24, 2.45) is 0 Å². The molecule has 1 saturated heterocycles. The van der Waals surface area contributed by atoms with Crippen molar-refractivity contribution in [3.63, 3.8) is 0 Å². The first-order valence-electron chi connectivity index (χ1n) is 5.07. The fourth-order valence-electron chi connectivity index (χ4n) is 1.77. The molecule has 0 amide bonds. The van der Waals surface area contributed by atoms with E-state index < -0.39 is 0 Å². The molecule has 2 rings (SSSR count). The first-order chi connectivity index (χ1) is 6.90. The molecule has 1 aromatic heterocycles. The van der Waals surface area contributed by atoms with E-state index in [0.717, 1.165) is 18.9 Å². The van der Waals surface area contributed by atoms with Crippen LogP contribution in [0.4, 0.5) is 5.82 Å². The molecule has 1 fully saturated rings. The van der Waals surface area contributed by atoms with Gasteiger partial charge in [0.25, 0.3) is 0 Å². The Labute approximate surface area is 83.6 Å². The van der Waals surface area contributed by atoms with Crippen LogP contribution in [-0.4, -0.2) is 28.2 Å². The number of aliphatic hydroxyl groups excluding tert-OH is 1. The molecule has 0 aromatic carbocycles. The van der Waals surface area contributed by atoms with E-state index in [2.05, 4.69) is 14.9 Å². The van der Waals surface area contributed by atoms with Crippen molar-refractivity contribution in [1.29, 1.82) is 0 Å². The van der Waals surface area contributed by atoms with E-state index in [1.165, 1.54) is 25.6 Å². The molecule has 4 heteroatoms. The maximum atomic E-state index is 8.95. The lowest BCUT2D eigenvalue weighted by atomic mass is 10.1. The van der Waals surface area contributed by atoms with Crippen molar-refractivity contribution in [2.75, 3.05) is 18.0 Å². The summed E-state index contributed by atoms with van der Waals surface area (Å²) in [6.07, 6.45) is 5.31. The first-order valence-corrected chi connectivity index (χ1v) is 5.07. The van der Waals surface area contributed by atoms with Crippen LogP contribution in [0.3, 0.4) is 0 Å². The lowest BCUT2D eigenvalue weighted by Crippen LogP contribution is -2.30. The van der Waals surface area contributed by atoms with Gasteiger partial charge in [-0.2, -0.15) is 0 Å². The summed E-state index contributed by atoms with van der Waals surface area (Å²) in [5.74, 6) is 0.948. The van der Waals surface area contributed by atoms with Gasteiger partial charge in [-0.15, -0.1) is 0 Å². The number of aromatic nitrogens is 2. The Morgan fingerprint density at radius 1 is 1.21 bits per heavy atom. The van der Waals surface area contributed by atoms with Gasteiger partial charge in [-0.05, 0) is 19.3 Å². The monoisotopic (exact) mass is 193 g/mol. The van der Waals surface area contributed by atoms with Gasteiger partial charge in [0.15, 0.2) is 0 Å². The van der Waals surface area contributed by atoms with E-state index >= 15 is 0 Å². The van der Waals surface area contributed by atoms with E-state index in [0.29, 0.717) is 5.69 Å². The smallest absolute Gasteiger partial charge is 0.132 e. The molecule has 0 saturated carbocycles. The van der Waals surface area contributed by atoms with Gasteiger partial charge >= 0.3 is 0 Å². The molecule has 1 aliphatic rings. The quantitative estimate of drug-likeness (QED) is 0.760. The van der Waals surface area contributed by atoms with E-state index in [1.807, 2.05) is 6.07 Å². The molecule has 0 bridgehead atoms. The number of rotatable bonds is 2. The van der Waals surface area contributed by atoms with Crippen molar-refractivity contribution in [1.82, 2.24) is 9.97 Å². The average Bonchev–Trinajstić information content (AvgIpc) is 2.30. The zero-order valence-electron chi connectivity index (χ0n) is 8.19. The third kappa shape index (κ3) is 2.01. The summed E-state index contributed by atoms with van der Waals surface area (Å²) in [4.78, 5) is 10.4. The van der Waals surface area contributed by atoms with Crippen LogP contribution in [0.25, 0.3) is 0 Å². The van der Waals surface area contributed by atoms with Crippen LogP contribution >= 0.6 is 0 Å². The summed E-state index contributed by atoms with van der Waals surface area (Å²) in [6.45, 7) is 2.13. The lowest BCUT2D eigenvalue weighted by molar-refractivity contribution is 0.276. The SMILES string of the molecule is OCc1cc(N2CCCCC2)ncn1. The third-order valence-corrected chi connectivity index (χ3v) is 2.55. The molecular formula is C10H15N3O. The van der Waals surface area contributed by atoms with Gasteiger partial charge < -0.3 is 10.0 Å². The highest BCUT2D eigenvalue weighted by molar-refractivity contribution is 5.38. The highest BCUT2D eigenvalue weighted by Gasteiger charge is 2.12. The predicted octanol–water partition coefficient (Wildman–Crippen LogP) is 0.959. The van der Waals surface area contributed by atoms with Crippen LogP contribution in [0, 0.1) is 0 Å². The van der Waals surface area contributed by atoms with Crippen LogP contribution in [0.15, 0.2) is 12.4 Å². The first kappa shape index (κ1) is 9.40. The fourth-order valence-corrected chi connectivity index (χ4v) is 1.77. The molecule has 0 spiro atoms. The van der Waals surface area contributed by atoms with Crippen LogP contribution in [0.2, 0.25) is 0 Å². The minimum absolute atomic E-state index is 0.0106. The van der Waals surface area contributed by atoms with Gasteiger partial charge in [-0.3, -0.25) is 0 Å². The van der Waals surface area contributed by atoms with Crippen molar-refractivity contribution < 1.29 is 5.11 Å². The van der Waals surface area contributed by atoms with E-state index in [9.17, 15) is 0 Å². The summed E-state index contributed by atoms with van der Waals surface area (Å²) >= 11 is 0. The molecule has 1 aromatic rings. The second-order valence-electron chi connectivity index (χ2n) is 3.57. The van der Waals surface area contributed by atoms with Gasteiger partial charge in [0, 0.05) is 19.2 Å². The number of aliphatic hydroxyl groups is 1. The Hall–Kier alpha value is -1.16. The summed E-state index contributed by atoms with van der Waals surface area (Å²) in [5.41, 5.74) is 0.695. The van der Waals surface area contributed by atoms with Crippen molar-refractivity contribution in [3.8, 4) is 0 Å². The summed E-state index contributed by atoms with van der Waals surface area (Å²) in [5, 5.41) is 8.95. The lowest BCUT2D eigenvalue weighted by Gasteiger charge is -2.27. The normalized spacial score (nSPS) is 17.1. The third-order valence-electron chi connectivity index (χ3n) is 2.55. The molecular weight excluding hydrogens is 178 g/mol. The Bertz CT molecular complexity index is 297. The van der Waals surface area contributed by atoms with Gasteiger partial charge in [-0.1, -0.05) is 0 Å². The Kier molecular flexibility index (Phi) is 2.93. The highest BCUT2D eigenvalue weighted by atomic mass is 16.3. The molecule has 76 valence electrons. The zero-order valence-corrected chi connectivity index (χ0v) is 8.19. The standard InChI is InChI=1S/C10H15N3O/c14-7-9-6-10(12-8-11-9)13-4-2-1-3-5-13/h6,8,14H,1-5,7H2. The molecule has 2 heterocycles. The molecule has 1 N–H and O–H groups in total. The minimum atomic E-state index is -0.0106. The van der Waals surface area contributed by atoms with E-state index in [-0.39, 0.29) is 6.61 Å². The van der Waals surface area contributed by atoms with Gasteiger partial charge in [-0.25, -0.2) is 9.97 Å². The second-order valence-corrected chi connectivity index (χ2v) is 3.57. The van der Waals surface area contributed by atoms with Gasteiger partial charge in [0.2, 0.25) is 0 Å². The molecule has 0 aliphatic carbocycles. The molecule has 0 atom stereocenters. The topological polar surface area (TPSA) is 49.2 Å². The van der Waals surface area contributed by atoms with Crippen LogP contribution < -0.4 is 4.90 Å². The molecule has 1 aliphatic heterocycles. The summed E-state index contributed by atoms with van der Waals surface area (Å²) in [7, 11) is 0. The second kappa shape index (κ2) is 4.37. The Morgan fingerprint density at radius 2 is 2.00 bits per heavy atom. The van der Waals surface area contributed by atoms with Gasteiger partial charge in [0.1, 0.15) is 12.1 Å². The molecule has 0 radical (unpaired) electrons. The van der Waals surface area contributed by atoms with E-state index in [1.54, 1.807) is 0 Å². The molecule has 4 nitrogen and oxygen atoms in total. The summed E-state index contributed by atoms with van der Waals surface area (Å²) in [6, 6.07) is 1.87. The fraction of sp³-hybridized carbons (Fsp3) is 0.600. The maximum Gasteiger partial charge on any atom is 0.132 e. The van der Waals surface area contributed by atoms with E-state index in [4.69, 9.17) is 5.11 Å². The molecule has 0 unspecified atom stereocenters. The van der Waals surface area contributed by atoms with Crippen molar-refractivity contribution in [2.45, 2.75) is 25.9 Å². The average molecular weight is 193 g/mol. The number of piperidine rings is 1. The predicted molar refractivity (Wildman–Crippen MR) is 54.0 cm³/mol. The number of anilines is 1. The maximum absolute atomic E-state index is 8.95. The van der Waals surface area contributed by atoms with Crippen molar-refractivity contribution in [3.05, 3.63) is 18.1 Å². The summed E-state index contributed by atoms with van der Waals surface area (Å²) < 4.78 is 0. The van der Waals surface area contributed by atoms with Crippen LogP contribution in [-0.2, 0) is 6.61 Å². The largest absolute Gasteiger partial charge is 0.390 e. The van der Waals surface area contributed by atoms with Crippen LogP contribution in [0.5, 0.6) is 0 Å². The Morgan fingerprint density at radius 3 is 2.71 bits per heavy atom.